The first-order valence-electron chi connectivity index (χ1n) is 29.5. The van der Waals surface area contributed by atoms with Gasteiger partial charge in [0, 0.05) is 68.3 Å². The molecule has 0 spiro atoms. The van der Waals surface area contributed by atoms with Gasteiger partial charge in [-0.05, 0) is 192 Å². The van der Waals surface area contributed by atoms with Crippen LogP contribution in [0, 0.1) is 0 Å². The zero-order valence-electron chi connectivity index (χ0n) is 46.5. The minimum atomic E-state index is 1.04. The third-order valence-corrected chi connectivity index (χ3v) is 25.1. The molecule has 0 bridgehead atoms. The fraction of sp³-hybridized carbons (Fsp3) is 0.371. The molecule has 0 saturated heterocycles. The maximum absolute atomic E-state index is 2.52. The number of unbranched alkanes of at least 4 members (excludes halogenated alkanes) is 12. The van der Waals surface area contributed by atoms with Crippen LogP contribution < -0.4 is 0 Å². The predicted molar refractivity (Wildman–Crippen MR) is 358 cm³/mol. The Labute approximate surface area is 500 Å². The fourth-order valence-electron chi connectivity index (χ4n) is 10.7. The molecule has 0 nitrogen and oxygen atoms in total. The standard InChI is InChI=1S/C70H78S8/c1-5-9-13-17-21-53-43-45-71-67(53)61-39-35-57(73-61)59-37-41-63(75-59)69-55(23-19-15-11-7-3)47-65(77-69)51-31-27-49(28-32-51)25-26-50-29-33-52(34-30-50)66-48-56(24-20-16-12-8-4)70(78-66)64-42-38-60(76-64)58-36-40-62(74-58)68-54(44-46-72-68)22-18-14-10-6-2/h27-48H,5-26H2,1-4H3. The lowest BCUT2D eigenvalue weighted by Gasteiger charge is -2.05. The number of hydrogen-bond acceptors (Lipinski definition) is 8. The van der Waals surface area contributed by atoms with E-state index in [1.54, 1.807) is 0 Å². The molecule has 0 aliphatic carbocycles. The first-order valence-corrected chi connectivity index (χ1v) is 36.1. The lowest BCUT2D eigenvalue weighted by atomic mass is 10.0. The molecule has 0 radical (unpaired) electrons. The summed E-state index contributed by atoms with van der Waals surface area (Å²) in [6.07, 6.45) is 27.5. The summed E-state index contributed by atoms with van der Waals surface area (Å²) in [4.78, 5) is 19.9. The van der Waals surface area contributed by atoms with Crippen LogP contribution in [0.5, 0.6) is 0 Å². The van der Waals surface area contributed by atoms with Crippen LogP contribution in [0.4, 0.5) is 0 Å². The minimum absolute atomic E-state index is 1.04. The largest absolute Gasteiger partial charge is 0.143 e. The fourth-order valence-corrected chi connectivity index (χ4v) is 19.9. The van der Waals surface area contributed by atoms with E-state index in [4.69, 9.17) is 0 Å². The van der Waals surface area contributed by atoms with E-state index in [1.807, 2.05) is 90.7 Å². The number of hydrogen-bond donors (Lipinski definition) is 0. The Morgan fingerprint density at radius 2 is 0.551 bits per heavy atom. The molecule has 10 rings (SSSR count). The summed E-state index contributed by atoms with van der Waals surface area (Å²) in [5.41, 5.74) is 11.6. The summed E-state index contributed by atoms with van der Waals surface area (Å²) in [6.45, 7) is 9.22. The van der Waals surface area contributed by atoms with E-state index in [2.05, 4.69) is 160 Å². The molecule has 0 unspecified atom stereocenters. The lowest BCUT2D eigenvalue weighted by molar-refractivity contribution is 0.668. The summed E-state index contributed by atoms with van der Waals surface area (Å²) in [5.74, 6) is 0. The molecular formula is C70H78S8. The van der Waals surface area contributed by atoms with Crippen molar-refractivity contribution in [3.8, 4) is 79.4 Å². The smallest absolute Gasteiger partial charge is 0.0481 e. The minimum Gasteiger partial charge on any atom is -0.143 e. The van der Waals surface area contributed by atoms with Crippen LogP contribution in [0.15, 0.2) is 132 Å². The van der Waals surface area contributed by atoms with E-state index < -0.39 is 0 Å². The normalized spacial score (nSPS) is 11.7. The van der Waals surface area contributed by atoms with Gasteiger partial charge in [-0.15, -0.1) is 90.7 Å². The van der Waals surface area contributed by atoms with Gasteiger partial charge in [0.05, 0.1) is 0 Å². The predicted octanol–water partition coefficient (Wildman–Crippen LogP) is 25.8. The van der Waals surface area contributed by atoms with Crippen molar-refractivity contribution in [2.24, 2.45) is 0 Å². The van der Waals surface area contributed by atoms with Gasteiger partial charge in [0.15, 0.2) is 0 Å². The van der Waals surface area contributed by atoms with Gasteiger partial charge in [0.1, 0.15) is 0 Å². The average molecular weight is 1180 g/mol. The van der Waals surface area contributed by atoms with Crippen molar-refractivity contribution < 1.29 is 0 Å². The molecule has 406 valence electrons. The van der Waals surface area contributed by atoms with Gasteiger partial charge >= 0.3 is 0 Å². The first-order chi connectivity index (χ1) is 38.5. The number of thiophene rings is 8. The second kappa shape index (κ2) is 29.1. The molecule has 0 fully saturated rings. The highest BCUT2D eigenvalue weighted by Gasteiger charge is 2.20. The van der Waals surface area contributed by atoms with Crippen LogP contribution in [0.25, 0.3) is 79.4 Å². The molecule has 0 saturated carbocycles. The summed E-state index contributed by atoms with van der Waals surface area (Å²) >= 11 is 15.7. The summed E-state index contributed by atoms with van der Waals surface area (Å²) in [5, 5.41) is 4.58. The molecular weight excluding hydrogens is 1100 g/mol. The second-order valence-corrected chi connectivity index (χ2v) is 29.5. The van der Waals surface area contributed by atoms with Gasteiger partial charge in [-0.3, -0.25) is 0 Å². The molecule has 0 aliphatic heterocycles. The zero-order chi connectivity index (χ0) is 53.5. The van der Waals surface area contributed by atoms with Crippen LogP contribution in [-0.4, -0.2) is 0 Å². The molecule has 8 heterocycles. The Morgan fingerprint density at radius 3 is 0.885 bits per heavy atom. The van der Waals surface area contributed by atoms with Gasteiger partial charge < -0.3 is 0 Å². The van der Waals surface area contributed by atoms with E-state index in [9.17, 15) is 0 Å². The molecule has 0 amide bonds. The van der Waals surface area contributed by atoms with Crippen LogP contribution in [0.3, 0.4) is 0 Å². The van der Waals surface area contributed by atoms with Crippen molar-refractivity contribution in [1.82, 2.24) is 0 Å². The van der Waals surface area contributed by atoms with Gasteiger partial charge in [0.2, 0.25) is 0 Å². The highest BCUT2D eigenvalue weighted by atomic mass is 32.1. The van der Waals surface area contributed by atoms with Gasteiger partial charge in [0.25, 0.3) is 0 Å². The molecule has 2 aromatic carbocycles. The van der Waals surface area contributed by atoms with Crippen LogP contribution >= 0.6 is 90.7 Å². The van der Waals surface area contributed by atoms with Gasteiger partial charge in [-0.1, -0.05) is 153 Å². The second-order valence-electron chi connectivity index (χ2n) is 21.3. The molecule has 78 heavy (non-hydrogen) atoms. The molecule has 0 N–H and O–H groups in total. The Bertz CT molecular complexity index is 3140. The highest BCUT2D eigenvalue weighted by molar-refractivity contribution is 7.30. The molecule has 8 aromatic heterocycles. The van der Waals surface area contributed by atoms with Gasteiger partial charge in [-0.25, -0.2) is 0 Å². The molecule has 8 heteroatoms. The highest BCUT2D eigenvalue weighted by Crippen LogP contribution is 2.49. The Hall–Kier alpha value is -3.96. The first kappa shape index (κ1) is 57.3. The van der Waals surface area contributed by atoms with Gasteiger partial charge in [-0.2, -0.15) is 0 Å². The zero-order valence-corrected chi connectivity index (χ0v) is 53.1. The SMILES string of the molecule is CCCCCCc1ccsc1-c1ccc(-c2ccc(-c3sc(-c4ccc(CCc5ccc(-c6cc(CCCCCC)c(-c7ccc(-c8ccc(-c9sccc9CCCCCC)s8)s7)s6)cc5)cc4)cc3CCCCCC)s2)s1. The monoisotopic (exact) mass is 1170 g/mol. The van der Waals surface area contributed by atoms with Crippen molar-refractivity contribution in [2.45, 2.75) is 169 Å². The van der Waals surface area contributed by atoms with E-state index >= 15 is 0 Å². The Balaban J connectivity index is 0.791. The summed E-state index contributed by atoms with van der Waals surface area (Å²) < 4.78 is 0. The van der Waals surface area contributed by atoms with E-state index in [0.29, 0.717) is 0 Å². The topological polar surface area (TPSA) is 0 Å². The number of aryl methyl sites for hydroxylation is 6. The summed E-state index contributed by atoms with van der Waals surface area (Å²) in [6, 6.07) is 47.8. The van der Waals surface area contributed by atoms with E-state index in [1.165, 1.54) is 228 Å². The third kappa shape index (κ3) is 14.7. The average Bonchev–Trinajstić information content (AvgIpc) is 4.33. The molecule has 0 aliphatic rings. The Morgan fingerprint density at radius 1 is 0.244 bits per heavy atom. The van der Waals surface area contributed by atoms with Crippen molar-refractivity contribution in [2.75, 3.05) is 0 Å². The molecule has 0 atom stereocenters. The van der Waals surface area contributed by atoms with Crippen LogP contribution in [0.2, 0.25) is 0 Å². The Kier molecular flexibility index (Phi) is 21.4. The van der Waals surface area contributed by atoms with Crippen molar-refractivity contribution in [3.63, 3.8) is 0 Å². The maximum atomic E-state index is 2.52. The van der Waals surface area contributed by atoms with Crippen molar-refractivity contribution >= 4 is 90.7 Å². The number of rotatable bonds is 31. The molecule has 10 aromatic rings. The van der Waals surface area contributed by atoms with Crippen LogP contribution in [-0.2, 0) is 38.5 Å². The number of benzene rings is 2. The third-order valence-electron chi connectivity index (χ3n) is 15.3. The van der Waals surface area contributed by atoms with E-state index in [0.717, 1.165) is 25.7 Å². The van der Waals surface area contributed by atoms with E-state index in [-0.39, 0.29) is 0 Å². The summed E-state index contributed by atoms with van der Waals surface area (Å²) in [7, 11) is 0. The van der Waals surface area contributed by atoms with Crippen molar-refractivity contribution in [3.05, 3.63) is 165 Å². The maximum Gasteiger partial charge on any atom is 0.0481 e. The quantitative estimate of drug-likeness (QED) is 0.0380. The van der Waals surface area contributed by atoms with Crippen LogP contribution in [0.1, 0.15) is 164 Å². The van der Waals surface area contributed by atoms with Crippen molar-refractivity contribution in [1.29, 1.82) is 0 Å². The lowest BCUT2D eigenvalue weighted by Crippen LogP contribution is -1.91.